The molecule has 1 atom stereocenters. The highest BCUT2D eigenvalue weighted by Gasteiger charge is 2.32. The molecule has 1 aliphatic rings. The third-order valence-electron chi connectivity index (χ3n) is 7.46. The maximum atomic E-state index is 15.9. The molecule has 0 spiro atoms. The van der Waals surface area contributed by atoms with Crippen LogP contribution in [0.2, 0.25) is 0 Å². The molecule has 1 aromatic carbocycles. The van der Waals surface area contributed by atoms with Gasteiger partial charge in [0.1, 0.15) is 23.1 Å². The smallest absolute Gasteiger partial charge is 0.355 e. The topological polar surface area (TPSA) is 142 Å². The van der Waals surface area contributed by atoms with E-state index in [2.05, 4.69) is 21.5 Å². The van der Waals surface area contributed by atoms with E-state index < -0.39 is 49.4 Å². The number of anilines is 1. The largest absolute Gasteiger partial charge is 0.507 e. The predicted octanol–water partition coefficient (Wildman–Crippen LogP) is 2.61. The minimum atomic E-state index is -4.23. The lowest BCUT2D eigenvalue weighted by molar-refractivity contribution is -0.126. The van der Waals surface area contributed by atoms with Crippen LogP contribution in [0.5, 0.6) is 5.75 Å². The minimum absolute atomic E-state index is 0.00785. The second-order valence-electron chi connectivity index (χ2n) is 10.5. The summed E-state index contributed by atoms with van der Waals surface area (Å²) in [7, 11) is -1.62. The molecule has 0 saturated carbocycles. The number of benzene rings is 1. The number of hydrogen-bond acceptors (Lipinski definition) is 9. The molecule has 5 rings (SSSR count). The van der Waals surface area contributed by atoms with Crippen LogP contribution in [0.15, 0.2) is 59.0 Å². The number of sulfonamides is 1. The molecular formula is C29H29F2N7O5S. The lowest BCUT2D eigenvalue weighted by Gasteiger charge is -2.40. The van der Waals surface area contributed by atoms with Crippen LogP contribution in [-0.4, -0.2) is 87.9 Å². The number of aryl methyl sites for hydroxylation is 1. The number of fused-ring (bicyclic) bond motifs is 1. The SMILES string of the molecule is C=CC(=O)N1CCN(c2nc(=O)n(-c3c(C)ccnc3S(=O)(=O)N(C)C)c3nc(-c4c(O)cccc4F)c(F)cc23)[C@@H](C)C1. The average Bonchev–Trinajstić information content (AvgIpc) is 2.97. The zero-order valence-electron chi connectivity index (χ0n) is 24.3. The van der Waals surface area contributed by atoms with Crippen LogP contribution in [0.25, 0.3) is 28.0 Å². The molecule has 1 aliphatic heterocycles. The number of carbonyl (C=O) groups excluding carboxylic acids is 1. The van der Waals surface area contributed by atoms with E-state index in [-0.39, 0.29) is 54.1 Å². The molecule has 0 bridgehead atoms. The summed E-state index contributed by atoms with van der Waals surface area (Å²) < 4.78 is 59.3. The molecule has 1 saturated heterocycles. The van der Waals surface area contributed by atoms with Gasteiger partial charge in [-0.3, -0.25) is 4.79 Å². The van der Waals surface area contributed by atoms with E-state index in [0.717, 1.165) is 27.1 Å². The van der Waals surface area contributed by atoms with Gasteiger partial charge in [0.2, 0.25) is 5.91 Å². The maximum Gasteiger partial charge on any atom is 0.355 e. The number of rotatable bonds is 6. The van der Waals surface area contributed by atoms with Crippen molar-refractivity contribution in [3.8, 4) is 22.7 Å². The highest BCUT2D eigenvalue weighted by Crippen LogP contribution is 2.36. The molecular weight excluding hydrogens is 596 g/mol. The number of phenols is 1. The fraction of sp³-hybridized carbons (Fsp3) is 0.276. The van der Waals surface area contributed by atoms with E-state index in [1.165, 1.54) is 38.5 Å². The van der Waals surface area contributed by atoms with Crippen molar-refractivity contribution in [3.63, 3.8) is 0 Å². The Morgan fingerprint density at radius 3 is 2.52 bits per heavy atom. The number of phenolic OH excluding ortho intramolecular Hbond substituents is 1. The van der Waals surface area contributed by atoms with E-state index in [1.54, 1.807) is 23.6 Å². The first-order chi connectivity index (χ1) is 20.8. The Kier molecular flexibility index (Phi) is 7.94. The first-order valence-electron chi connectivity index (χ1n) is 13.5. The summed E-state index contributed by atoms with van der Waals surface area (Å²) in [6.07, 6.45) is 2.47. The van der Waals surface area contributed by atoms with Gasteiger partial charge in [-0.15, -0.1) is 0 Å². The van der Waals surface area contributed by atoms with Gasteiger partial charge in [-0.05, 0) is 49.8 Å². The molecule has 0 aliphatic carbocycles. The van der Waals surface area contributed by atoms with Crippen LogP contribution in [0.4, 0.5) is 14.6 Å². The number of hydrogen-bond donors (Lipinski definition) is 1. The first kappa shape index (κ1) is 30.7. The van der Waals surface area contributed by atoms with Gasteiger partial charge < -0.3 is 14.9 Å². The van der Waals surface area contributed by atoms with Gasteiger partial charge >= 0.3 is 5.69 Å². The molecule has 15 heteroatoms. The number of nitrogens with zero attached hydrogens (tertiary/aromatic N) is 7. The Hall–Kier alpha value is -4.76. The lowest BCUT2D eigenvalue weighted by atomic mass is 10.1. The molecule has 0 radical (unpaired) electrons. The zero-order valence-corrected chi connectivity index (χ0v) is 25.1. The minimum Gasteiger partial charge on any atom is -0.507 e. The summed E-state index contributed by atoms with van der Waals surface area (Å²) in [5.41, 5.74) is -2.22. The second kappa shape index (κ2) is 11.4. The van der Waals surface area contributed by atoms with Crippen LogP contribution < -0.4 is 10.6 Å². The highest BCUT2D eigenvalue weighted by atomic mass is 32.2. The van der Waals surface area contributed by atoms with E-state index in [9.17, 15) is 27.5 Å². The Bertz CT molecular complexity index is 1980. The summed E-state index contributed by atoms with van der Waals surface area (Å²) in [4.78, 5) is 42.2. The van der Waals surface area contributed by atoms with Gasteiger partial charge in [-0.25, -0.2) is 40.8 Å². The number of carbonyl (C=O) groups is 1. The Morgan fingerprint density at radius 1 is 1.16 bits per heavy atom. The molecule has 3 aromatic heterocycles. The Labute approximate surface area is 251 Å². The number of piperazine rings is 1. The lowest BCUT2D eigenvalue weighted by Crippen LogP contribution is -2.54. The fourth-order valence-corrected chi connectivity index (χ4v) is 6.25. The van der Waals surface area contributed by atoms with Crippen molar-refractivity contribution in [2.75, 3.05) is 38.6 Å². The molecule has 1 N–H and O–H groups in total. The summed E-state index contributed by atoms with van der Waals surface area (Å²) in [6.45, 7) is 7.60. The van der Waals surface area contributed by atoms with Crippen LogP contribution in [-0.2, 0) is 14.8 Å². The van der Waals surface area contributed by atoms with E-state index in [1.807, 2.05) is 0 Å². The van der Waals surface area contributed by atoms with Crippen molar-refractivity contribution in [2.24, 2.45) is 0 Å². The Morgan fingerprint density at radius 2 is 1.89 bits per heavy atom. The standard InChI is InChI=1S/C29H29F2N7O5S/c1-6-22(40)36-12-13-37(17(3)15-36)26-18-14-20(31)24(23-19(30)8-7-9-21(23)39)33-27(18)38(29(41)34-26)25-16(2)10-11-32-28(25)44(42,43)35(4)5/h6-11,14,17,39H,1,12-13,15H2,2-5H3/t17-/m0/s1. The van der Waals surface area contributed by atoms with Crippen molar-refractivity contribution in [3.05, 3.63) is 76.9 Å². The zero-order chi connectivity index (χ0) is 32.1. The van der Waals surface area contributed by atoms with E-state index in [4.69, 9.17) is 0 Å². The van der Waals surface area contributed by atoms with Crippen LogP contribution >= 0.6 is 0 Å². The second-order valence-corrected chi connectivity index (χ2v) is 12.5. The van der Waals surface area contributed by atoms with Gasteiger partial charge in [0.25, 0.3) is 10.0 Å². The maximum absolute atomic E-state index is 15.9. The van der Waals surface area contributed by atoms with Gasteiger partial charge in [-0.2, -0.15) is 4.98 Å². The van der Waals surface area contributed by atoms with Gasteiger partial charge in [0.15, 0.2) is 16.5 Å². The van der Waals surface area contributed by atoms with Crippen molar-refractivity contribution in [1.82, 2.24) is 28.7 Å². The molecule has 44 heavy (non-hydrogen) atoms. The number of aromatic hydroxyl groups is 1. The molecule has 1 amide bonds. The number of amides is 1. The van der Waals surface area contributed by atoms with Crippen molar-refractivity contribution in [1.29, 1.82) is 0 Å². The highest BCUT2D eigenvalue weighted by molar-refractivity contribution is 7.89. The summed E-state index contributed by atoms with van der Waals surface area (Å²) in [5.74, 6) is -2.82. The first-order valence-corrected chi connectivity index (χ1v) is 14.9. The quantitative estimate of drug-likeness (QED) is 0.320. The van der Waals surface area contributed by atoms with Crippen molar-refractivity contribution in [2.45, 2.75) is 24.9 Å². The fourth-order valence-electron chi connectivity index (χ4n) is 5.21. The number of aromatic nitrogens is 4. The molecule has 12 nitrogen and oxygen atoms in total. The summed E-state index contributed by atoms with van der Waals surface area (Å²) in [6, 6.07) is 5.53. The molecule has 230 valence electrons. The number of halogens is 2. The summed E-state index contributed by atoms with van der Waals surface area (Å²) >= 11 is 0. The van der Waals surface area contributed by atoms with E-state index in [0.29, 0.717) is 5.56 Å². The van der Waals surface area contributed by atoms with Crippen molar-refractivity contribution >= 4 is 32.8 Å². The summed E-state index contributed by atoms with van der Waals surface area (Å²) in [5, 5.41) is 9.98. The molecule has 4 aromatic rings. The predicted molar refractivity (Wildman–Crippen MR) is 159 cm³/mol. The van der Waals surface area contributed by atoms with Gasteiger partial charge in [0.05, 0.1) is 16.6 Å². The van der Waals surface area contributed by atoms with Gasteiger partial charge in [0, 0.05) is 46.0 Å². The average molecular weight is 626 g/mol. The van der Waals surface area contributed by atoms with Crippen LogP contribution in [0, 0.1) is 18.6 Å². The molecule has 0 unspecified atom stereocenters. The normalized spacial score (nSPS) is 15.7. The van der Waals surface area contributed by atoms with Crippen molar-refractivity contribution < 1.29 is 27.1 Å². The Balaban J connectivity index is 1.87. The number of pyridine rings is 2. The third-order valence-corrected chi connectivity index (χ3v) is 9.21. The van der Waals surface area contributed by atoms with E-state index >= 15 is 4.39 Å². The molecule has 1 fully saturated rings. The van der Waals surface area contributed by atoms with Gasteiger partial charge in [-0.1, -0.05) is 12.6 Å². The monoisotopic (exact) mass is 625 g/mol. The third kappa shape index (κ3) is 5.07. The van der Waals surface area contributed by atoms with Crippen LogP contribution in [0.3, 0.4) is 0 Å². The van der Waals surface area contributed by atoms with Crippen LogP contribution in [0.1, 0.15) is 12.5 Å². The molecule has 4 heterocycles.